The van der Waals surface area contributed by atoms with Crippen molar-refractivity contribution in [3.63, 3.8) is 0 Å². The maximum absolute atomic E-state index is 12.6. The van der Waals surface area contributed by atoms with E-state index in [0.717, 1.165) is 11.3 Å². The van der Waals surface area contributed by atoms with Gasteiger partial charge in [-0.3, -0.25) is 9.36 Å². The summed E-state index contributed by atoms with van der Waals surface area (Å²) in [4.78, 5) is 28.8. The maximum atomic E-state index is 12.6. The first-order valence-corrected chi connectivity index (χ1v) is 7.54. The Balaban J connectivity index is 2.13. The zero-order chi connectivity index (χ0) is 17.3. The Morgan fingerprint density at radius 1 is 1.29 bits per heavy atom. The molecule has 0 unspecified atom stereocenters. The van der Waals surface area contributed by atoms with Gasteiger partial charge in [0, 0.05) is 0 Å². The highest BCUT2D eigenvalue weighted by molar-refractivity contribution is 5.75. The molecule has 0 aliphatic carbocycles. The van der Waals surface area contributed by atoms with E-state index < -0.39 is 17.6 Å². The fourth-order valence-electron chi connectivity index (χ4n) is 2.52. The van der Waals surface area contributed by atoms with Gasteiger partial charge in [-0.15, -0.1) is 5.10 Å². The number of benzene rings is 1. The van der Waals surface area contributed by atoms with E-state index in [1.54, 1.807) is 6.92 Å². The SMILES string of the molecule is CC[C@@H](C(=O)OC)n1cnc2c(nnn2-c2ccc(C)cc2)c1=O. The summed E-state index contributed by atoms with van der Waals surface area (Å²) < 4.78 is 7.48. The maximum Gasteiger partial charge on any atom is 0.329 e. The van der Waals surface area contributed by atoms with Crippen LogP contribution in [-0.2, 0) is 9.53 Å². The number of hydrogen-bond acceptors (Lipinski definition) is 6. The number of nitrogens with zero attached hydrogens (tertiary/aromatic N) is 5. The fourth-order valence-corrected chi connectivity index (χ4v) is 2.52. The molecule has 3 rings (SSSR count). The second-order valence-electron chi connectivity index (χ2n) is 5.41. The zero-order valence-corrected chi connectivity index (χ0v) is 13.6. The molecule has 0 aliphatic heterocycles. The molecule has 8 heteroatoms. The van der Waals surface area contributed by atoms with E-state index in [1.807, 2.05) is 31.2 Å². The van der Waals surface area contributed by atoms with Crippen molar-refractivity contribution >= 4 is 17.1 Å². The number of carbonyl (C=O) groups is 1. The zero-order valence-electron chi connectivity index (χ0n) is 13.6. The van der Waals surface area contributed by atoms with Gasteiger partial charge in [0.15, 0.2) is 11.2 Å². The van der Waals surface area contributed by atoms with E-state index in [9.17, 15) is 9.59 Å². The van der Waals surface area contributed by atoms with Crippen molar-refractivity contribution in [3.05, 3.63) is 46.5 Å². The Morgan fingerprint density at radius 3 is 2.62 bits per heavy atom. The quantitative estimate of drug-likeness (QED) is 0.673. The summed E-state index contributed by atoms with van der Waals surface area (Å²) >= 11 is 0. The lowest BCUT2D eigenvalue weighted by Crippen LogP contribution is -2.30. The molecular weight excluding hydrogens is 310 g/mol. The number of ether oxygens (including phenoxy) is 1. The van der Waals surface area contributed by atoms with E-state index >= 15 is 0 Å². The lowest BCUT2D eigenvalue weighted by molar-refractivity contribution is -0.144. The average molecular weight is 327 g/mol. The van der Waals surface area contributed by atoms with Crippen molar-refractivity contribution in [1.82, 2.24) is 24.5 Å². The standard InChI is InChI=1S/C16H17N5O3/c1-4-12(16(23)24-3)20-9-17-14-13(15(20)22)18-19-21(14)11-7-5-10(2)6-8-11/h5-9,12H,4H2,1-3H3/t12-/m0/s1. The largest absolute Gasteiger partial charge is 0.467 e. The molecule has 8 nitrogen and oxygen atoms in total. The highest BCUT2D eigenvalue weighted by atomic mass is 16.5. The van der Waals surface area contributed by atoms with Gasteiger partial charge in [0.2, 0.25) is 0 Å². The molecule has 0 saturated heterocycles. The summed E-state index contributed by atoms with van der Waals surface area (Å²) in [6.45, 7) is 3.78. The van der Waals surface area contributed by atoms with Gasteiger partial charge in [-0.1, -0.05) is 29.8 Å². The molecule has 0 saturated carbocycles. The van der Waals surface area contributed by atoms with E-state index in [2.05, 4.69) is 15.3 Å². The van der Waals surface area contributed by atoms with Crippen LogP contribution < -0.4 is 5.56 Å². The molecule has 0 radical (unpaired) electrons. The number of aryl methyl sites for hydroxylation is 1. The Morgan fingerprint density at radius 2 is 2.00 bits per heavy atom. The van der Waals surface area contributed by atoms with Gasteiger partial charge < -0.3 is 4.74 Å². The molecule has 1 atom stereocenters. The summed E-state index contributed by atoms with van der Waals surface area (Å²) in [6.07, 6.45) is 1.75. The first kappa shape index (κ1) is 15.9. The summed E-state index contributed by atoms with van der Waals surface area (Å²) in [7, 11) is 1.29. The van der Waals surface area contributed by atoms with Crippen LogP contribution in [0, 0.1) is 6.92 Å². The molecule has 2 heterocycles. The molecule has 24 heavy (non-hydrogen) atoms. The Labute approximate surface area is 137 Å². The molecule has 1 aromatic carbocycles. The van der Waals surface area contributed by atoms with Crippen LogP contribution in [0.5, 0.6) is 0 Å². The number of carbonyl (C=O) groups excluding carboxylic acids is 1. The van der Waals surface area contributed by atoms with Gasteiger partial charge in [-0.05, 0) is 25.5 Å². The highest BCUT2D eigenvalue weighted by Crippen LogP contribution is 2.15. The first-order chi connectivity index (χ1) is 11.6. The molecule has 0 aliphatic rings. The van der Waals surface area contributed by atoms with Crippen LogP contribution in [0.15, 0.2) is 35.4 Å². The van der Waals surface area contributed by atoms with Gasteiger partial charge in [-0.2, -0.15) is 4.68 Å². The fraction of sp³-hybridized carbons (Fsp3) is 0.312. The van der Waals surface area contributed by atoms with Gasteiger partial charge in [0.05, 0.1) is 12.8 Å². The van der Waals surface area contributed by atoms with E-state index in [1.165, 1.54) is 22.7 Å². The second-order valence-corrected chi connectivity index (χ2v) is 5.41. The van der Waals surface area contributed by atoms with Crippen LogP contribution in [0.25, 0.3) is 16.9 Å². The van der Waals surface area contributed by atoms with Gasteiger partial charge in [-0.25, -0.2) is 9.78 Å². The first-order valence-electron chi connectivity index (χ1n) is 7.54. The van der Waals surface area contributed by atoms with Crippen LogP contribution in [0.2, 0.25) is 0 Å². The van der Waals surface area contributed by atoms with Gasteiger partial charge >= 0.3 is 5.97 Å². The molecule has 0 bridgehead atoms. The summed E-state index contributed by atoms with van der Waals surface area (Å²) in [5.41, 5.74) is 1.91. The van der Waals surface area contributed by atoms with Crippen molar-refractivity contribution in [1.29, 1.82) is 0 Å². The average Bonchev–Trinajstić information content (AvgIpc) is 3.02. The summed E-state index contributed by atoms with van der Waals surface area (Å²) in [5.74, 6) is -0.494. The topological polar surface area (TPSA) is 91.9 Å². The van der Waals surface area contributed by atoms with Crippen LogP contribution in [0.4, 0.5) is 0 Å². The highest BCUT2D eigenvalue weighted by Gasteiger charge is 2.23. The van der Waals surface area contributed by atoms with E-state index in [0.29, 0.717) is 12.1 Å². The minimum atomic E-state index is -0.732. The lowest BCUT2D eigenvalue weighted by Gasteiger charge is -2.14. The number of fused-ring (bicyclic) bond motifs is 1. The number of hydrogen-bond donors (Lipinski definition) is 0. The van der Waals surface area contributed by atoms with Crippen LogP contribution in [0.1, 0.15) is 24.9 Å². The van der Waals surface area contributed by atoms with Crippen LogP contribution in [0.3, 0.4) is 0 Å². The number of rotatable bonds is 4. The van der Waals surface area contributed by atoms with Crippen molar-refractivity contribution in [2.45, 2.75) is 26.3 Å². The molecule has 0 amide bonds. The Hall–Kier alpha value is -3.03. The molecule has 2 aromatic heterocycles. The molecule has 0 N–H and O–H groups in total. The number of esters is 1. The minimum absolute atomic E-state index is 0.112. The van der Waals surface area contributed by atoms with Crippen molar-refractivity contribution in [2.75, 3.05) is 7.11 Å². The third-order valence-corrected chi connectivity index (χ3v) is 3.86. The van der Waals surface area contributed by atoms with Gasteiger partial charge in [0.1, 0.15) is 12.4 Å². The van der Waals surface area contributed by atoms with E-state index in [-0.39, 0.29) is 5.52 Å². The van der Waals surface area contributed by atoms with Gasteiger partial charge in [0.25, 0.3) is 5.56 Å². The van der Waals surface area contributed by atoms with E-state index in [4.69, 9.17) is 4.74 Å². The van der Waals surface area contributed by atoms with Crippen molar-refractivity contribution in [3.8, 4) is 5.69 Å². The van der Waals surface area contributed by atoms with Crippen molar-refractivity contribution in [2.24, 2.45) is 0 Å². The normalized spacial score (nSPS) is 12.3. The van der Waals surface area contributed by atoms with Crippen molar-refractivity contribution < 1.29 is 9.53 Å². The molecule has 3 aromatic rings. The third kappa shape index (κ3) is 2.55. The Bertz CT molecular complexity index is 942. The molecule has 0 spiro atoms. The number of aromatic nitrogens is 5. The second kappa shape index (κ2) is 6.23. The van der Waals surface area contributed by atoms with Crippen LogP contribution in [-0.4, -0.2) is 37.6 Å². The predicted octanol–water partition coefficient (Wildman–Crippen LogP) is 1.41. The Kier molecular flexibility index (Phi) is 4.11. The van der Waals surface area contributed by atoms with Crippen LogP contribution >= 0.6 is 0 Å². The lowest BCUT2D eigenvalue weighted by atomic mass is 10.2. The molecule has 0 fully saturated rings. The smallest absolute Gasteiger partial charge is 0.329 e. The molecule has 124 valence electrons. The summed E-state index contributed by atoms with van der Waals surface area (Å²) in [6, 6.07) is 6.90. The third-order valence-electron chi connectivity index (χ3n) is 3.86. The number of methoxy groups -OCH3 is 1. The summed E-state index contributed by atoms with van der Waals surface area (Å²) in [5, 5.41) is 7.97. The monoisotopic (exact) mass is 327 g/mol. The predicted molar refractivity (Wildman–Crippen MR) is 87.0 cm³/mol. The minimum Gasteiger partial charge on any atom is -0.467 e. The molecular formula is C16H17N5O3.